The molecule has 372 valence electrons. The summed E-state index contributed by atoms with van der Waals surface area (Å²) in [7, 11) is 0. The minimum absolute atomic E-state index is 0.0967. The summed E-state index contributed by atoms with van der Waals surface area (Å²) in [5.74, 6) is -0.952. The van der Waals surface area contributed by atoms with Crippen LogP contribution in [0.2, 0.25) is 0 Å². The maximum atomic E-state index is 12.8. The minimum atomic E-state index is -0.801. The highest BCUT2D eigenvalue weighted by Crippen LogP contribution is 2.14. The normalized spacial score (nSPS) is 12.7. The summed E-state index contributed by atoms with van der Waals surface area (Å²) in [4.78, 5) is 38.0. The van der Waals surface area contributed by atoms with Crippen LogP contribution in [0.5, 0.6) is 0 Å². The van der Waals surface area contributed by atoms with Crippen LogP contribution in [-0.2, 0) is 28.6 Å². The number of carbonyl (C=O) groups is 3. The summed E-state index contributed by atoms with van der Waals surface area (Å²) in [6, 6.07) is 0. The van der Waals surface area contributed by atoms with Crippen LogP contribution < -0.4 is 0 Å². The number of allylic oxidation sites excluding steroid dienone is 14. The van der Waals surface area contributed by atoms with E-state index in [1.807, 2.05) is 36.5 Å². The van der Waals surface area contributed by atoms with E-state index in [0.29, 0.717) is 19.3 Å². The number of hydrogen-bond donors (Lipinski definition) is 0. The van der Waals surface area contributed by atoms with Crippen molar-refractivity contribution >= 4 is 17.9 Å². The first-order valence-corrected chi connectivity index (χ1v) is 27.2. The van der Waals surface area contributed by atoms with Gasteiger partial charge in [-0.1, -0.05) is 228 Å². The lowest BCUT2D eigenvalue weighted by Crippen LogP contribution is -2.30. The van der Waals surface area contributed by atoms with Crippen molar-refractivity contribution < 1.29 is 28.6 Å². The highest BCUT2D eigenvalue weighted by atomic mass is 16.6. The molecule has 1 unspecified atom stereocenters. The molecule has 0 bridgehead atoms. The average Bonchev–Trinajstić information content (AvgIpc) is 3.30. The quantitative estimate of drug-likeness (QED) is 0.0199. The first-order chi connectivity index (χ1) is 32.0. The summed E-state index contributed by atoms with van der Waals surface area (Å²) in [5, 5.41) is 0. The van der Waals surface area contributed by atoms with E-state index in [4.69, 9.17) is 14.2 Å². The molecule has 0 aromatic rings. The summed E-state index contributed by atoms with van der Waals surface area (Å²) in [6.07, 6.45) is 68.6. The Balaban J connectivity index is 4.42. The van der Waals surface area contributed by atoms with Crippen LogP contribution in [0, 0.1) is 0 Å². The maximum Gasteiger partial charge on any atom is 0.306 e. The molecule has 6 heteroatoms. The molecule has 0 fully saturated rings. The van der Waals surface area contributed by atoms with Crippen LogP contribution in [0.4, 0.5) is 0 Å². The van der Waals surface area contributed by atoms with E-state index in [2.05, 4.69) is 69.4 Å². The van der Waals surface area contributed by atoms with Gasteiger partial charge in [0.2, 0.25) is 0 Å². The molecule has 0 aliphatic carbocycles. The fourth-order valence-electron chi connectivity index (χ4n) is 7.38. The lowest BCUT2D eigenvalue weighted by atomic mass is 10.1. The Bertz CT molecular complexity index is 1270. The summed E-state index contributed by atoms with van der Waals surface area (Å²) >= 11 is 0. The van der Waals surface area contributed by atoms with Crippen LogP contribution in [0.15, 0.2) is 85.1 Å². The van der Waals surface area contributed by atoms with E-state index in [9.17, 15) is 14.4 Å². The summed E-state index contributed by atoms with van der Waals surface area (Å²) < 4.78 is 16.8. The molecular formula is C59H100O6. The van der Waals surface area contributed by atoms with Crippen LogP contribution >= 0.6 is 0 Å². The van der Waals surface area contributed by atoms with E-state index < -0.39 is 6.10 Å². The largest absolute Gasteiger partial charge is 0.462 e. The fraction of sp³-hybridized carbons (Fsp3) is 0.712. The van der Waals surface area contributed by atoms with Gasteiger partial charge in [-0.15, -0.1) is 0 Å². The van der Waals surface area contributed by atoms with Gasteiger partial charge in [0.15, 0.2) is 6.10 Å². The van der Waals surface area contributed by atoms with Crippen molar-refractivity contribution in [3.63, 3.8) is 0 Å². The van der Waals surface area contributed by atoms with Crippen LogP contribution in [0.1, 0.15) is 252 Å². The zero-order valence-corrected chi connectivity index (χ0v) is 42.5. The SMILES string of the molecule is CC/C=C/C=C/C=C/C=C/CCCCCC(=O)OCC(COC(=O)CCCCCCCCC/C=C/CCCCCCCCCC)OC(=O)CCCCCCCC/C=C/C=C/CCCCC. The molecule has 6 nitrogen and oxygen atoms in total. The molecule has 0 N–H and O–H groups in total. The predicted molar refractivity (Wildman–Crippen MR) is 279 cm³/mol. The smallest absolute Gasteiger partial charge is 0.306 e. The van der Waals surface area contributed by atoms with Gasteiger partial charge in [0.1, 0.15) is 13.2 Å². The molecule has 0 saturated heterocycles. The third kappa shape index (κ3) is 51.4. The first kappa shape index (κ1) is 61.6. The molecule has 65 heavy (non-hydrogen) atoms. The standard InChI is InChI=1S/C59H100O6/c1-4-7-10-13-16-19-22-25-27-28-29-30-32-34-37-40-43-46-49-52-58(61)64-55-56(54-63-57(60)51-48-45-42-39-36-33-24-21-18-15-12-9-6-3)65-59(62)53-50-47-44-41-38-35-31-26-23-20-17-14-11-8-5-2/h9,12,15,17-18,20-21,23-24,26,28-29,33,36,56H,4-8,10-11,13-14,16,19,22,25,27,30-32,34-35,37-55H2,1-3H3/b12-9+,18-15+,20-17+,24-21+,26-23+,29-28+,36-33+. The lowest BCUT2D eigenvalue weighted by Gasteiger charge is -2.18. The van der Waals surface area contributed by atoms with Crippen molar-refractivity contribution in [1.29, 1.82) is 0 Å². The Labute approximate surface area is 401 Å². The molecule has 0 aliphatic rings. The van der Waals surface area contributed by atoms with Gasteiger partial charge >= 0.3 is 17.9 Å². The van der Waals surface area contributed by atoms with E-state index in [-0.39, 0.29) is 31.1 Å². The van der Waals surface area contributed by atoms with Gasteiger partial charge in [-0.25, -0.2) is 0 Å². The van der Waals surface area contributed by atoms with Crippen LogP contribution in [0.25, 0.3) is 0 Å². The lowest BCUT2D eigenvalue weighted by molar-refractivity contribution is -0.167. The molecule has 0 radical (unpaired) electrons. The Hall–Kier alpha value is -3.41. The predicted octanol–water partition coefficient (Wildman–Crippen LogP) is 18.0. The Morgan fingerprint density at radius 2 is 0.615 bits per heavy atom. The van der Waals surface area contributed by atoms with Gasteiger partial charge in [-0.05, 0) is 89.9 Å². The number of unbranched alkanes of at least 4 members (excludes halogenated alkanes) is 27. The zero-order chi connectivity index (χ0) is 47.2. The van der Waals surface area contributed by atoms with Gasteiger partial charge in [-0.3, -0.25) is 14.4 Å². The average molecular weight is 905 g/mol. The van der Waals surface area contributed by atoms with Crippen molar-refractivity contribution in [2.45, 2.75) is 258 Å². The van der Waals surface area contributed by atoms with E-state index in [0.717, 1.165) is 83.5 Å². The molecule has 0 spiro atoms. The Morgan fingerprint density at radius 3 is 1.05 bits per heavy atom. The molecular weight excluding hydrogens is 805 g/mol. The van der Waals surface area contributed by atoms with Gasteiger partial charge in [0.25, 0.3) is 0 Å². The van der Waals surface area contributed by atoms with Gasteiger partial charge < -0.3 is 14.2 Å². The van der Waals surface area contributed by atoms with Crippen LogP contribution in [0.3, 0.4) is 0 Å². The van der Waals surface area contributed by atoms with Gasteiger partial charge in [-0.2, -0.15) is 0 Å². The summed E-state index contributed by atoms with van der Waals surface area (Å²) in [5.41, 5.74) is 0. The van der Waals surface area contributed by atoms with E-state index in [1.54, 1.807) is 0 Å². The number of ether oxygens (including phenoxy) is 3. The highest BCUT2D eigenvalue weighted by Gasteiger charge is 2.19. The van der Waals surface area contributed by atoms with E-state index >= 15 is 0 Å². The highest BCUT2D eigenvalue weighted by molar-refractivity contribution is 5.71. The second kappa shape index (κ2) is 53.2. The number of carbonyl (C=O) groups excluding carboxylic acids is 3. The number of hydrogen-bond acceptors (Lipinski definition) is 6. The molecule has 0 aromatic carbocycles. The third-order valence-corrected chi connectivity index (χ3v) is 11.5. The van der Waals surface area contributed by atoms with Crippen molar-refractivity contribution in [2.75, 3.05) is 13.2 Å². The Morgan fingerprint density at radius 1 is 0.323 bits per heavy atom. The van der Waals surface area contributed by atoms with Gasteiger partial charge in [0, 0.05) is 19.3 Å². The minimum Gasteiger partial charge on any atom is -0.462 e. The zero-order valence-electron chi connectivity index (χ0n) is 42.5. The van der Waals surface area contributed by atoms with Crippen molar-refractivity contribution in [1.82, 2.24) is 0 Å². The molecule has 0 aliphatic heterocycles. The Kier molecular flexibility index (Phi) is 50.4. The maximum absolute atomic E-state index is 12.8. The van der Waals surface area contributed by atoms with Gasteiger partial charge in [0.05, 0.1) is 0 Å². The van der Waals surface area contributed by atoms with Crippen molar-refractivity contribution in [2.24, 2.45) is 0 Å². The number of rotatable bonds is 48. The van der Waals surface area contributed by atoms with Crippen LogP contribution in [-0.4, -0.2) is 37.2 Å². The second-order valence-electron chi connectivity index (χ2n) is 17.9. The molecule has 0 saturated carbocycles. The third-order valence-electron chi connectivity index (χ3n) is 11.5. The molecule has 0 heterocycles. The summed E-state index contributed by atoms with van der Waals surface area (Å²) in [6.45, 7) is 6.42. The fourth-order valence-corrected chi connectivity index (χ4v) is 7.38. The van der Waals surface area contributed by atoms with Crippen molar-refractivity contribution in [3.05, 3.63) is 85.1 Å². The second-order valence-corrected chi connectivity index (χ2v) is 17.9. The molecule has 0 rings (SSSR count). The topological polar surface area (TPSA) is 78.9 Å². The number of esters is 3. The first-order valence-electron chi connectivity index (χ1n) is 27.2. The molecule has 1 atom stereocenters. The molecule has 0 amide bonds. The van der Waals surface area contributed by atoms with Crippen molar-refractivity contribution in [3.8, 4) is 0 Å². The monoisotopic (exact) mass is 905 g/mol. The molecule has 0 aromatic heterocycles. The van der Waals surface area contributed by atoms with E-state index in [1.165, 1.54) is 128 Å².